The van der Waals surface area contributed by atoms with E-state index in [1.165, 1.54) is 16.2 Å². The second-order valence-electron chi connectivity index (χ2n) is 6.07. The molecule has 1 aliphatic heterocycles. The Labute approximate surface area is 138 Å². The van der Waals surface area contributed by atoms with E-state index in [1.54, 1.807) is 11.8 Å². The molecule has 2 amide bonds. The van der Waals surface area contributed by atoms with Gasteiger partial charge in [-0.05, 0) is 27.7 Å². The van der Waals surface area contributed by atoms with Crippen LogP contribution in [0.4, 0.5) is 4.79 Å². The fraction of sp³-hybridized carbons (Fsp3) is 0.643. The third-order valence-electron chi connectivity index (χ3n) is 2.89. The van der Waals surface area contributed by atoms with Crippen LogP contribution in [0.1, 0.15) is 31.5 Å². The maximum absolute atomic E-state index is 12.3. The largest absolute Gasteiger partial charge is 0.444 e. The molecule has 1 N–H and O–H groups in total. The first-order valence-corrected chi connectivity index (χ1v) is 9.06. The molecule has 1 fully saturated rings. The number of aromatic nitrogens is 1. The smallest absolute Gasteiger partial charge is 0.411 e. The molecule has 1 aromatic heterocycles. The SMILES string of the molecule is Cc1csc(CNC(=O)[C@@H]2CSCN2C(=O)OC(C)(C)C)n1. The fourth-order valence-corrected chi connectivity index (χ4v) is 3.78. The van der Waals surface area contributed by atoms with Gasteiger partial charge in [0.05, 0.1) is 12.4 Å². The molecule has 0 radical (unpaired) electrons. The molecule has 0 aromatic carbocycles. The molecule has 0 unspecified atom stereocenters. The van der Waals surface area contributed by atoms with Crippen LogP contribution in [0, 0.1) is 6.92 Å². The minimum Gasteiger partial charge on any atom is -0.444 e. The lowest BCUT2D eigenvalue weighted by Crippen LogP contribution is -2.48. The van der Waals surface area contributed by atoms with Crippen molar-refractivity contribution in [2.45, 2.75) is 45.9 Å². The summed E-state index contributed by atoms with van der Waals surface area (Å²) in [6.07, 6.45) is -0.442. The van der Waals surface area contributed by atoms with Gasteiger partial charge in [0, 0.05) is 16.8 Å². The van der Waals surface area contributed by atoms with Crippen LogP contribution >= 0.6 is 23.1 Å². The summed E-state index contributed by atoms with van der Waals surface area (Å²) >= 11 is 3.06. The zero-order valence-corrected chi connectivity index (χ0v) is 14.8. The van der Waals surface area contributed by atoms with Crippen LogP contribution in [0.5, 0.6) is 0 Å². The van der Waals surface area contributed by atoms with Crippen molar-refractivity contribution in [3.8, 4) is 0 Å². The number of rotatable bonds is 3. The second-order valence-corrected chi connectivity index (χ2v) is 8.01. The highest BCUT2D eigenvalue weighted by Crippen LogP contribution is 2.23. The van der Waals surface area contributed by atoms with E-state index in [2.05, 4.69) is 10.3 Å². The average molecular weight is 343 g/mol. The van der Waals surface area contributed by atoms with E-state index in [0.717, 1.165) is 10.7 Å². The topological polar surface area (TPSA) is 71.5 Å². The molecule has 6 nitrogen and oxygen atoms in total. The molecule has 0 bridgehead atoms. The first-order valence-electron chi connectivity index (χ1n) is 7.02. The first-order chi connectivity index (χ1) is 10.3. The van der Waals surface area contributed by atoms with Gasteiger partial charge in [-0.1, -0.05) is 0 Å². The monoisotopic (exact) mass is 343 g/mol. The molecule has 1 aromatic rings. The number of hydrogen-bond acceptors (Lipinski definition) is 6. The number of aryl methyl sites for hydroxylation is 1. The number of thiazole rings is 1. The Kier molecular flexibility index (Phi) is 5.33. The number of hydrogen-bond donors (Lipinski definition) is 1. The summed E-state index contributed by atoms with van der Waals surface area (Å²) in [6.45, 7) is 7.75. The van der Waals surface area contributed by atoms with Crippen molar-refractivity contribution in [1.29, 1.82) is 0 Å². The highest BCUT2D eigenvalue weighted by Gasteiger charge is 2.37. The number of nitrogens with one attached hydrogen (secondary N) is 1. The Bertz CT molecular complexity index is 554. The maximum Gasteiger partial charge on any atom is 0.411 e. The average Bonchev–Trinajstić information content (AvgIpc) is 3.02. The number of thioether (sulfide) groups is 1. The van der Waals surface area contributed by atoms with E-state index < -0.39 is 17.7 Å². The van der Waals surface area contributed by atoms with Crippen molar-refractivity contribution >= 4 is 35.1 Å². The van der Waals surface area contributed by atoms with Crippen molar-refractivity contribution in [2.75, 3.05) is 11.6 Å². The van der Waals surface area contributed by atoms with Gasteiger partial charge in [0.25, 0.3) is 0 Å². The second kappa shape index (κ2) is 6.87. The molecule has 122 valence electrons. The molecular weight excluding hydrogens is 322 g/mol. The number of nitrogens with zero attached hydrogens (tertiary/aromatic N) is 2. The minimum absolute atomic E-state index is 0.163. The van der Waals surface area contributed by atoms with Gasteiger partial charge >= 0.3 is 6.09 Å². The van der Waals surface area contributed by atoms with Gasteiger partial charge in [-0.15, -0.1) is 23.1 Å². The van der Waals surface area contributed by atoms with E-state index in [1.807, 2.05) is 33.1 Å². The van der Waals surface area contributed by atoms with Crippen LogP contribution in [0.25, 0.3) is 0 Å². The Morgan fingerprint density at radius 3 is 2.82 bits per heavy atom. The summed E-state index contributed by atoms with van der Waals surface area (Å²) < 4.78 is 5.35. The van der Waals surface area contributed by atoms with Gasteiger partial charge in [0.15, 0.2) is 0 Å². The van der Waals surface area contributed by atoms with Crippen LogP contribution in [0.3, 0.4) is 0 Å². The molecule has 0 aliphatic carbocycles. The Balaban J connectivity index is 1.91. The Morgan fingerprint density at radius 1 is 1.50 bits per heavy atom. The van der Waals surface area contributed by atoms with Gasteiger partial charge in [0.2, 0.25) is 5.91 Å². The molecule has 8 heteroatoms. The van der Waals surface area contributed by atoms with E-state index >= 15 is 0 Å². The highest BCUT2D eigenvalue weighted by atomic mass is 32.2. The zero-order valence-electron chi connectivity index (χ0n) is 13.2. The van der Waals surface area contributed by atoms with Crippen LogP contribution in [0.15, 0.2) is 5.38 Å². The van der Waals surface area contributed by atoms with E-state index in [9.17, 15) is 9.59 Å². The summed E-state index contributed by atoms with van der Waals surface area (Å²) in [4.78, 5) is 30.3. The minimum atomic E-state index is -0.566. The number of amides is 2. The van der Waals surface area contributed by atoms with Crippen molar-refractivity contribution in [3.05, 3.63) is 16.1 Å². The number of carbonyl (C=O) groups is 2. The predicted octanol–water partition coefficient (Wildman–Crippen LogP) is 2.38. The zero-order chi connectivity index (χ0) is 16.3. The molecule has 2 rings (SSSR count). The lowest BCUT2D eigenvalue weighted by atomic mass is 10.2. The lowest BCUT2D eigenvalue weighted by molar-refractivity contribution is -0.125. The van der Waals surface area contributed by atoms with E-state index in [0.29, 0.717) is 18.2 Å². The van der Waals surface area contributed by atoms with Gasteiger partial charge in [-0.2, -0.15) is 0 Å². The van der Waals surface area contributed by atoms with Gasteiger partial charge < -0.3 is 10.1 Å². The number of ether oxygens (including phenoxy) is 1. The van der Waals surface area contributed by atoms with Gasteiger partial charge in [-0.25, -0.2) is 9.78 Å². The van der Waals surface area contributed by atoms with E-state index in [4.69, 9.17) is 4.74 Å². The molecule has 1 saturated heterocycles. The maximum atomic E-state index is 12.3. The predicted molar refractivity (Wildman–Crippen MR) is 87.9 cm³/mol. The highest BCUT2D eigenvalue weighted by molar-refractivity contribution is 7.99. The van der Waals surface area contributed by atoms with Gasteiger partial charge in [0.1, 0.15) is 16.7 Å². The molecule has 0 saturated carbocycles. The summed E-state index contributed by atoms with van der Waals surface area (Å²) in [6, 6.07) is -0.485. The third-order valence-corrected chi connectivity index (χ3v) is 4.87. The first kappa shape index (κ1) is 17.1. The lowest BCUT2D eigenvalue weighted by Gasteiger charge is -2.27. The summed E-state index contributed by atoms with van der Waals surface area (Å²) in [7, 11) is 0. The number of carbonyl (C=O) groups excluding carboxylic acids is 2. The molecule has 2 heterocycles. The van der Waals surface area contributed by atoms with Crippen LogP contribution in [0.2, 0.25) is 0 Å². The van der Waals surface area contributed by atoms with Crippen molar-refractivity contribution in [3.63, 3.8) is 0 Å². The van der Waals surface area contributed by atoms with E-state index in [-0.39, 0.29) is 5.91 Å². The summed E-state index contributed by atoms with van der Waals surface area (Å²) in [5, 5.41) is 5.65. The van der Waals surface area contributed by atoms with Crippen molar-refractivity contribution in [1.82, 2.24) is 15.2 Å². The Morgan fingerprint density at radius 2 is 2.23 bits per heavy atom. The van der Waals surface area contributed by atoms with Crippen molar-refractivity contribution in [2.24, 2.45) is 0 Å². The van der Waals surface area contributed by atoms with Crippen LogP contribution in [-0.2, 0) is 16.1 Å². The van der Waals surface area contributed by atoms with Crippen LogP contribution in [-0.4, -0.2) is 45.2 Å². The van der Waals surface area contributed by atoms with Crippen LogP contribution < -0.4 is 5.32 Å². The summed E-state index contributed by atoms with van der Waals surface area (Å²) in [5.74, 6) is 0.898. The molecule has 1 atom stereocenters. The van der Waals surface area contributed by atoms with Crippen molar-refractivity contribution < 1.29 is 14.3 Å². The molecule has 1 aliphatic rings. The quantitative estimate of drug-likeness (QED) is 0.912. The summed E-state index contributed by atoms with van der Waals surface area (Å²) in [5.41, 5.74) is 0.380. The fourth-order valence-electron chi connectivity index (χ4n) is 1.92. The standard InChI is InChI=1S/C14H21N3O3S2/c1-9-6-22-11(16-9)5-15-12(18)10-7-21-8-17(10)13(19)20-14(2,3)4/h6,10H,5,7-8H2,1-4H3,(H,15,18)/t10-/m0/s1. The molecular formula is C14H21N3O3S2. The Hall–Kier alpha value is -1.28. The van der Waals surface area contributed by atoms with Gasteiger partial charge in [-0.3, -0.25) is 9.69 Å². The molecule has 22 heavy (non-hydrogen) atoms. The normalized spacial score (nSPS) is 18.4. The molecule has 0 spiro atoms. The third kappa shape index (κ3) is 4.61.